The summed E-state index contributed by atoms with van der Waals surface area (Å²) in [5, 5.41) is 9.48. The molecule has 39 heavy (non-hydrogen) atoms. The summed E-state index contributed by atoms with van der Waals surface area (Å²) in [6, 6.07) is 31.4. The van der Waals surface area contributed by atoms with Gasteiger partial charge in [0.25, 0.3) is 0 Å². The molecule has 0 spiro atoms. The molecule has 3 saturated heterocycles. The van der Waals surface area contributed by atoms with Crippen LogP contribution in [0.25, 0.3) is 0 Å². The number of aliphatic hydroxyl groups is 1. The molecule has 4 atom stereocenters. The lowest BCUT2D eigenvalue weighted by Crippen LogP contribution is -2.32. The summed E-state index contributed by atoms with van der Waals surface area (Å²) in [6.45, 7) is 8.98. The summed E-state index contributed by atoms with van der Waals surface area (Å²) in [5.74, 6) is 0. The van der Waals surface area contributed by atoms with Crippen LogP contribution in [0.1, 0.15) is 16.7 Å². The van der Waals surface area contributed by atoms with Crippen molar-refractivity contribution in [1.82, 2.24) is 14.7 Å². The molecule has 0 aliphatic carbocycles. The maximum atomic E-state index is 9.48. The molecule has 4 heterocycles. The predicted octanol–water partition coefficient (Wildman–Crippen LogP) is 3.52. The highest BCUT2D eigenvalue weighted by molar-refractivity contribution is 5.17. The van der Waals surface area contributed by atoms with Gasteiger partial charge in [0.15, 0.2) is 0 Å². The summed E-state index contributed by atoms with van der Waals surface area (Å²) >= 11 is 0. The summed E-state index contributed by atoms with van der Waals surface area (Å²) in [6.07, 6.45) is 5.21. The highest BCUT2D eigenvalue weighted by atomic mass is 16.6. The number of benzene rings is 3. The normalized spacial score (nSPS) is 25.9. The van der Waals surface area contributed by atoms with Crippen LogP contribution in [0, 0.1) is 0 Å². The Balaban J connectivity index is 0.000000119. The molecule has 0 saturated carbocycles. The van der Waals surface area contributed by atoms with Crippen molar-refractivity contribution in [2.75, 3.05) is 39.3 Å². The van der Waals surface area contributed by atoms with Crippen molar-refractivity contribution >= 4 is 0 Å². The number of likely N-dealkylation sites (tertiary alicyclic amines) is 2. The van der Waals surface area contributed by atoms with E-state index in [-0.39, 0.29) is 12.1 Å². The van der Waals surface area contributed by atoms with E-state index in [0.717, 1.165) is 52.4 Å². The zero-order chi connectivity index (χ0) is 26.9. The number of fused-ring (bicyclic) bond motifs is 1. The smallest absolute Gasteiger partial charge is 0.0981 e. The third kappa shape index (κ3) is 8.83. The molecule has 4 aliphatic heterocycles. The second-order valence-electron chi connectivity index (χ2n) is 11.0. The number of morpholine rings is 1. The molecule has 3 aromatic rings. The summed E-state index contributed by atoms with van der Waals surface area (Å²) in [4.78, 5) is 7.06. The molecule has 6 heteroatoms. The molecular weight excluding hydrogens is 484 g/mol. The SMILES string of the molecule is C1=CCN(Cc2ccccc2)C1.NC1CN(Cc2ccccc2)CC1O.c1ccc(CN2CC3OC3C2)cc1. The first-order valence-electron chi connectivity index (χ1n) is 14.2. The average molecular weight is 527 g/mol. The van der Waals surface area contributed by atoms with E-state index in [0.29, 0.717) is 18.8 Å². The fraction of sp³-hybridized carbons (Fsp3) is 0.394. The van der Waals surface area contributed by atoms with Gasteiger partial charge < -0.3 is 15.6 Å². The van der Waals surface area contributed by atoms with Crippen molar-refractivity contribution in [3.8, 4) is 0 Å². The number of rotatable bonds is 6. The van der Waals surface area contributed by atoms with Crippen molar-refractivity contribution in [3.63, 3.8) is 0 Å². The van der Waals surface area contributed by atoms with Crippen LogP contribution in [0.4, 0.5) is 0 Å². The van der Waals surface area contributed by atoms with Crippen molar-refractivity contribution in [1.29, 1.82) is 0 Å². The molecule has 7 rings (SSSR count). The number of nitrogens with zero attached hydrogens (tertiary/aromatic N) is 3. The molecule has 3 aromatic carbocycles. The lowest BCUT2D eigenvalue weighted by Gasteiger charge is -2.16. The van der Waals surface area contributed by atoms with E-state index in [1.54, 1.807) is 0 Å². The van der Waals surface area contributed by atoms with E-state index < -0.39 is 0 Å². The molecule has 206 valence electrons. The van der Waals surface area contributed by atoms with E-state index in [1.807, 2.05) is 18.2 Å². The van der Waals surface area contributed by atoms with E-state index in [2.05, 4.69) is 99.6 Å². The average Bonchev–Trinajstić information content (AvgIpc) is 3.27. The summed E-state index contributed by atoms with van der Waals surface area (Å²) < 4.78 is 5.38. The minimum Gasteiger partial charge on any atom is -0.390 e. The van der Waals surface area contributed by atoms with Crippen LogP contribution in [0.5, 0.6) is 0 Å². The van der Waals surface area contributed by atoms with Crippen LogP contribution >= 0.6 is 0 Å². The second kappa shape index (κ2) is 14.0. The molecule has 3 fully saturated rings. The number of hydrogen-bond donors (Lipinski definition) is 2. The monoisotopic (exact) mass is 526 g/mol. The summed E-state index contributed by atoms with van der Waals surface area (Å²) in [5.41, 5.74) is 9.81. The zero-order valence-electron chi connectivity index (χ0n) is 22.8. The predicted molar refractivity (Wildman–Crippen MR) is 157 cm³/mol. The molecule has 0 aromatic heterocycles. The first-order chi connectivity index (χ1) is 19.1. The van der Waals surface area contributed by atoms with Crippen molar-refractivity contribution in [2.24, 2.45) is 5.73 Å². The van der Waals surface area contributed by atoms with Gasteiger partial charge in [-0.15, -0.1) is 0 Å². The largest absolute Gasteiger partial charge is 0.390 e. The van der Waals surface area contributed by atoms with Gasteiger partial charge in [0.1, 0.15) is 0 Å². The van der Waals surface area contributed by atoms with E-state index in [9.17, 15) is 5.11 Å². The van der Waals surface area contributed by atoms with Crippen molar-refractivity contribution in [3.05, 3.63) is 120 Å². The molecule has 0 radical (unpaired) electrons. The van der Waals surface area contributed by atoms with E-state index >= 15 is 0 Å². The second-order valence-corrected chi connectivity index (χ2v) is 11.0. The van der Waals surface area contributed by atoms with Gasteiger partial charge in [-0.3, -0.25) is 14.7 Å². The van der Waals surface area contributed by atoms with Crippen LogP contribution in [-0.4, -0.2) is 83.4 Å². The molecule has 6 nitrogen and oxygen atoms in total. The van der Waals surface area contributed by atoms with Crippen LogP contribution < -0.4 is 5.73 Å². The van der Waals surface area contributed by atoms with E-state index in [4.69, 9.17) is 10.5 Å². The van der Waals surface area contributed by atoms with Gasteiger partial charge in [-0.2, -0.15) is 0 Å². The van der Waals surface area contributed by atoms with Gasteiger partial charge in [-0.25, -0.2) is 0 Å². The zero-order valence-corrected chi connectivity index (χ0v) is 22.8. The molecular formula is C33H42N4O2. The third-order valence-electron chi connectivity index (χ3n) is 7.61. The van der Waals surface area contributed by atoms with Gasteiger partial charge in [0, 0.05) is 64.9 Å². The molecule has 4 aliphatic rings. The van der Waals surface area contributed by atoms with Crippen LogP contribution in [0.2, 0.25) is 0 Å². The lowest BCUT2D eigenvalue weighted by atomic mass is 10.2. The van der Waals surface area contributed by atoms with Gasteiger partial charge >= 0.3 is 0 Å². The first-order valence-corrected chi connectivity index (χ1v) is 14.2. The van der Waals surface area contributed by atoms with Crippen LogP contribution in [0.15, 0.2) is 103 Å². The Labute approximate surface area is 233 Å². The Morgan fingerprint density at radius 3 is 1.41 bits per heavy atom. The quantitative estimate of drug-likeness (QED) is 0.379. The van der Waals surface area contributed by atoms with Crippen LogP contribution in [0.3, 0.4) is 0 Å². The molecule has 4 unspecified atom stereocenters. The maximum Gasteiger partial charge on any atom is 0.0981 e. The fourth-order valence-electron chi connectivity index (χ4n) is 5.41. The number of β-amino-alcohol motifs (C(OH)–C–C–N with tert-alkyl or cyclic N) is 1. The van der Waals surface area contributed by atoms with Crippen molar-refractivity contribution in [2.45, 2.75) is 44.0 Å². The van der Waals surface area contributed by atoms with E-state index in [1.165, 1.54) is 16.7 Å². The lowest BCUT2D eigenvalue weighted by molar-refractivity contribution is 0.164. The third-order valence-corrected chi connectivity index (χ3v) is 7.61. The van der Waals surface area contributed by atoms with Gasteiger partial charge in [0.2, 0.25) is 0 Å². The standard InChI is InChI=1S/C11H16N2O.C11H13NO.C11H13N/c12-10-7-13(8-11(10)14)6-9-4-2-1-3-5-9;1-2-4-9(5-3-1)6-12-7-10-11(8-12)13-10;1-2-6-11(7-3-1)10-12-8-4-5-9-12/h1-5,10-11,14H,6-8,12H2;1-5,10-11H,6-8H2;1-7H,8-10H2. The number of nitrogens with two attached hydrogens (primary N) is 1. The minimum absolute atomic E-state index is 0.0845. The highest BCUT2D eigenvalue weighted by Crippen LogP contribution is 2.31. The first kappa shape index (κ1) is 27.7. The molecule has 0 bridgehead atoms. The van der Waals surface area contributed by atoms with Gasteiger partial charge in [0.05, 0.1) is 18.3 Å². The highest BCUT2D eigenvalue weighted by Gasteiger charge is 2.46. The molecule has 3 N–H and O–H groups in total. The number of hydrogen-bond acceptors (Lipinski definition) is 6. The van der Waals surface area contributed by atoms with Crippen LogP contribution in [-0.2, 0) is 24.4 Å². The molecule has 0 amide bonds. The number of ether oxygens (including phenoxy) is 1. The maximum absolute atomic E-state index is 9.48. The Bertz CT molecular complexity index is 1120. The number of aliphatic hydroxyl groups excluding tert-OH is 1. The fourth-order valence-corrected chi connectivity index (χ4v) is 5.41. The van der Waals surface area contributed by atoms with Gasteiger partial charge in [-0.1, -0.05) is 103 Å². The Hall–Kier alpha value is -2.84. The van der Waals surface area contributed by atoms with Crippen molar-refractivity contribution < 1.29 is 9.84 Å². The summed E-state index contributed by atoms with van der Waals surface area (Å²) in [7, 11) is 0. The number of epoxide rings is 1. The topological polar surface area (TPSA) is 68.5 Å². The Kier molecular flexibility index (Phi) is 9.94. The minimum atomic E-state index is -0.362. The Morgan fingerprint density at radius 2 is 1.00 bits per heavy atom. The van der Waals surface area contributed by atoms with Gasteiger partial charge in [-0.05, 0) is 16.7 Å². The Morgan fingerprint density at radius 1 is 0.590 bits per heavy atom.